The van der Waals surface area contributed by atoms with Gasteiger partial charge in [0.2, 0.25) is 5.16 Å². The van der Waals surface area contributed by atoms with Crippen molar-refractivity contribution >= 4 is 11.8 Å². The Labute approximate surface area is 110 Å². The molecule has 0 saturated heterocycles. The monoisotopic (exact) mass is 262 g/mol. The molecule has 5 nitrogen and oxygen atoms in total. The summed E-state index contributed by atoms with van der Waals surface area (Å²) in [5.74, 6) is 1.87. The van der Waals surface area contributed by atoms with Crippen molar-refractivity contribution in [3.05, 3.63) is 35.7 Å². The van der Waals surface area contributed by atoms with E-state index >= 15 is 0 Å². The Morgan fingerprint density at radius 2 is 2.39 bits per heavy atom. The summed E-state index contributed by atoms with van der Waals surface area (Å²) in [6.45, 7) is 2.06. The number of methoxy groups -OCH3 is 1. The van der Waals surface area contributed by atoms with Crippen LogP contribution in [0.1, 0.15) is 17.2 Å². The van der Waals surface area contributed by atoms with Crippen molar-refractivity contribution in [2.45, 2.75) is 18.1 Å². The molecule has 1 N–H and O–H groups in total. The highest BCUT2D eigenvalue weighted by atomic mass is 32.2. The number of fused-ring (bicyclic) bond motifs is 1. The van der Waals surface area contributed by atoms with Crippen LogP contribution in [0, 0.1) is 6.92 Å². The van der Waals surface area contributed by atoms with Crippen LogP contribution in [0.4, 0.5) is 0 Å². The molecule has 0 bridgehead atoms. The zero-order valence-corrected chi connectivity index (χ0v) is 11.1. The van der Waals surface area contributed by atoms with E-state index in [1.807, 2.05) is 10.7 Å². The first kappa shape index (κ1) is 11.4. The third-order valence-corrected chi connectivity index (χ3v) is 4.05. The number of aromatic nitrogens is 3. The molecule has 1 unspecified atom stereocenters. The highest BCUT2D eigenvalue weighted by Gasteiger charge is 2.21. The topological polar surface area (TPSA) is 52.0 Å². The zero-order valence-electron chi connectivity index (χ0n) is 10.3. The van der Waals surface area contributed by atoms with Crippen LogP contribution in [0.5, 0.6) is 5.75 Å². The van der Waals surface area contributed by atoms with Gasteiger partial charge in [-0.05, 0) is 24.1 Å². The molecule has 3 rings (SSSR count). The highest BCUT2D eigenvalue weighted by molar-refractivity contribution is 7.99. The van der Waals surface area contributed by atoms with Gasteiger partial charge in [0, 0.05) is 5.75 Å². The zero-order chi connectivity index (χ0) is 12.5. The Morgan fingerprint density at radius 3 is 3.17 bits per heavy atom. The van der Waals surface area contributed by atoms with Gasteiger partial charge < -0.3 is 10.2 Å². The van der Waals surface area contributed by atoms with Crippen LogP contribution >= 0.6 is 11.8 Å². The van der Waals surface area contributed by atoms with Gasteiger partial charge in [-0.2, -0.15) is 0 Å². The first-order chi connectivity index (χ1) is 8.78. The lowest BCUT2D eigenvalue weighted by Gasteiger charge is -2.25. The van der Waals surface area contributed by atoms with E-state index in [2.05, 4.69) is 34.7 Å². The summed E-state index contributed by atoms with van der Waals surface area (Å²) < 4.78 is 7.15. The summed E-state index contributed by atoms with van der Waals surface area (Å²) in [7, 11) is 1.69. The fourth-order valence-electron chi connectivity index (χ4n) is 2.06. The van der Waals surface area contributed by atoms with Crippen molar-refractivity contribution in [3.63, 3.8) is 0 Å². The van der Waals surface area contributed by atoms with Crippen LogP contribution in [0.3, 0.4) is 0 Å². The maximum absolute atomic E-state index is 5.28. The van der Waals surface area contributed by atoms with Gasteiger partial charge in [0.25, 0.3) is 0 Å². The summed E-state index contributed by atoms with van der Waals surface area (Å²) in [6.07, 6.45) is 1.70. The number of hydrogen-bond donors (Lipinski definition) is 1. The molecule has 1 atom stereocenters. The Kier molecular flexibility index (Phi) is 2.87. The molecule has 94 valence electrons. The average Bonchev–Trinajstić information content (AvgIpc) is 2.85. The van der Waals surface area contributed by atoms with E-state index < -0.39 is 0 Å². The summed E-state index contributed by atoms with van der Waals surface area (Å²) in [5, 5.41) is 8.82. The first-order valence-corrected chi connectivity index (χ1v) is 6.70. The molecule has 18 heavy (non-hydrogen) atoms. The third-order valence-electron chi connectivity index (χ3n) is 3.01. The Hall–Kier alpha value is -1.69. The van der Waals surface area contributed by atoms with Crippen molar-refractivity contribution in [3.8, 4) is 5.75 Å². The normalized spacial score (nSPS) is 18.0. The molecule has 2 heterocycles. The number of thioether (sulfide) groups is 1. The Bertz CT molecular complexity index is 569. The summed E-state index contributed by atoms with van der Waals surface area (Å²) >= 11 is 1.71. The number of ether oxygens (including phenoxy) is 1. The van der Waals surface area contributed by atoms with Crippen LogP contribution < -0.4 is 10.2 Å². The van der Waals surface area contributed by atoms with Gasteiger partial charge in [-0.25, -0.2) is 4.68 Å². The van der Waals surface area contributed by atoms with Gasteiger partial charge in [-0.15, -0.1) is 10.2 Å². The molecule has 0 saturated carbocycles. The number of nitrogens with zero attached hydrogens (tertiary/aromatic N) is 3. The van der Waals surface area contributed by atoms with Crippen molar-refractivity contribution < 1.29 is 4.74 Å². The van der Waals surface area contributed by atoms with Crippen LogP contribution in [0.25, 0.3) is 0 Å². The van der Waals surface area contributed by atoms with Gasteiger partial charge in [-0.1, -0.05) is 23.9 Å². The molecule has 1 aromatic heterocycles. The van der Waals surface area contributed by atoms with E-state index in [4.69, 9.17) is 4.74 Å². The van der Waals surface area contributed by atoms with E-state index in [1.54, 1.807) is 25.2 Å². The maximum atomic E-state index is 5.28. The van der Waals surface area contributed by atoms with Crippen molar-refractivity contribution in [2.24, 2.45) is 0 Å². The van der Waals surface area contributed by atoms with E-state index in [1.165, 1.54) is 5.56 Å². The second-order valence-electron chi connectivity index (χ2n) is 4.21. The van der Waals surface area contributed by atoms with Gasteiger partial charge in [-0.3, -0.25) is 0 Å². The standard InChI is InChI=1S/C12H14N4OS/c1-8-5-9(3-4-11(8)17-2)10-6-18-12-14-13-7-16(12)15-10/h3-5,7,10,15H,6H2,1-2H3. The molecule has 1 aliphatic heterocycles. The molecular weight excluding hydrogens is 248 g/mol. The largest absolute Gasteiger partial charge is 0.496 e. The number of benzene rings is 1. The number of nitrogens with one attached hydrogen (secondary N) is 1. The van der Waals surface area contributed by atoms with Crippen molar-refractivity contribution in [2.75, 3.05) is 18.3 Å². The summed E-state index contributed by atoms with van der Waals surface area (Å²) in [5.41, 5.74) is 5.79. The molecule has 1 aromatic carbocycles. The number of rotatable bonds is 2. The lowest BCUT2D eigenvalue weighted by atomic mass is 10.1. The highest BCUT2D eigenvalue weighted by Crippen LogP contribution is 2.30. The predicted octanol–water partition coefficient (Wildman–Crippen LogP) is 1.99. The molecule has 0 aliphatic carbocycles. The second-order valence-corrected chi connectivity index (χ2v) is 5.19. The Balaban J connectivity index is 1.86. The lowest BCUT2D eigenvalue weighted by Crippen LogP contribution is -2.27. The molecule has 6 heteroatoms. The van der Waals surface area contributed by atoms with Crippen molar-refractivity contribution in [1.82, 2.24) is 14.9 Å². The predicted molar refractivity (Wildman–Crippen MR) is 70.6 cm³/mol. The lowest BCUT2D eigenvalue weighted by molar-refractivity contribution is 0.411. The fourth-order valence-corrected chi connectivity index (χ4v) is 2.99. The van der Waals surface area contributed by atoms with Gasteiger partial charge >= 0.3 is 0 Å². The SMILES string of the molecule is COc1ccc(C2CSc3nncn3N2)cc1C. The van der Waals surface area contributed by atoms with Gasteiger partial charge in [0.1, 0.15) is 12.1 Å². The van der Waals surface area contributed by atoms with Crippen LogP contribution in [0.15, 0.2) is 29.7 Å². The van der Waals surface area contributed by atoms with E-state index in [9.17, 15) is 0 Å². The van der Waals surface area contributed by atoms with E-state index in [-0.39, 0.29) is 6.04 Å². The fraction of sp³-hybridized carbons (Fsp3) is 0.333. The smallest absolute Gasteiger partial charge is 0.209 e. The van der Waals surface area contributed by atoms with Crippen LogP contribution in [-0.2, 0) is 0 Å². The van der Waals surface area contributed by atoms with Gasteiger partial charge in [0.05, 0.1) is 13.2 Å². The van der Waals surface area contributed by atoms with Crippen molar-refractivity contribution in [1.29, 1.82) is 0 Å². The van der Waals surface area contributed by atoms with Crippen LogP contribution in [0.2, 0.25) is 0 Å². The minimum atomic E-state index is 0.267. The minimum absolute atomic E-state index is 0.267. The van der Waals surface area contributed by atoms with Crippen LogP contribution in [-0.4, -0.2) is 27.7 Å². The average molecular weight is 262 g/mol. The molecule has 0 amide bonds. The van der Waals surface area contributed by atoms with E-state index in [0.717, 1.165) is 22.2 Å². The van der Waals surface area contributed by atoms with E-state index in [0.29, 0.717) is 0 Å². The molecule has 2 aromatic rings. The first-order valence-electron chi connectivity index (χ1n) is 5.72. The number of hydrogen-bond acceptors (Lipinski definition) is 5. The molecular formula is C12H14N4OS. The number of aryl methyl sites for hydroxylation is 1. The van der Waals surface area contributed by atoms with Gasteiger partial charge in [0.15, 0.2) is 0 Å². The summed E-state index contributed by atoms with van der Waals surface area (Å²) in [6, 6.07) is 6.54. The quantitative estimate of drug-likeness (QED) is 0.897. The molecule has 0 fully saturated rings. The minimum Gasteiger partial charge on any atom is -0.496 e. The Morgan fingerprint density at radius 1 is 1.50 bits per heavy atom. The molecule has 1 aliphatic rings. The summed E-state index contributed by atoms with van der Waals surface area (Å²) in [4.78, 5) is 0. The third kappa shape index (κ3) is 1.92. The maximum Gasteiger partial charge on any atom is 0.209 e. The molecule has 0 spiro atoms. The molecule has 0 radical (unpaired) electrons. The second kappa shape index (κ2) is 4.53.